The maximum Gasteiger partial charge on any atom is 0.254 e. The molecule has 2 aromatic carbocycles. The quantitative estimate of drug-likeness (QED) is 0.550. The SMILES string of the molecule is NC(=O)c1c(Cc2ccc(Cl)cc2)n(CCN2CCCC2)c2ccc(C#CCO)cc2c1=O. The van der Waals surface area contributed by atoms with Gasteiger partial charge in [0.25, 0.3) is 5.91 Å². The highest BCUT2D eigenvalue weighted by molar-refractivity contribution is 6.30. The molecule has 170 valence electrons. The summed E-state index contributed by atoms with van der Waals surface area (Å²) in [6.07, 6.45) is 2.75. The number of pyridine rings is 1. The Morgan fingerprint density at radius 3 is 2.48 bits per heavy atom. The van der Waals surface area contributed by atoms with Crippen LogP contribution in [0.1, 0.15) is 40.0 Å². The number of hydrogen-bond acceptors (Lipinski definition) is 4. The molecule has 0 saturated carbocycles. The first-order valence-corrected chi connectivity index (χ1v) is 11.4. The van der Waals surface area contributed by atoms with Gasteiger partial charge in [-0.05, 0) is 61.8 Å². The number of fused-ring (bicyclic) bond motifs is 1. The first-order valence-electron chi connectivity index (χ1n) is 11.0. The van der Waals surface area contributed by atoms with Gasteiger partial charge in [-0.1, -0.05) is 35.6 Å². The van der Waals surface area contributed by atoms with E-state index in [0.29, 0.717) is 34.6 Å². The Balaban J connectivity index is 1.91. The molecule has 0 unspecified atom stereocenters. The van der Waals surface area contributed by atoms with Gasteiger partial charge in [0.1, 0.15) is 12.2 Å². The second kappa shape index (κ2) is 10.2. The number of halogens is 1. The Bertz CT molecular complexity index is 1300. The number of likely N-dealkylation sites (tertiary alicyclic amines) is 1. The summed E-state index contributed by atoms with van der Waals surface area (Å²) >= 11 is 6.04. The lowest BCUT2D eigenvalue weighted by Gasteiger charge is -2.23. The molecule has 0 aliphatic carbocycles. The number of aromatic nitrogens is 1. The third kappa shape index (κ3) is 5.12. The Labute approximate surface area is 197 Å². The summed E-state index contributed by atoms with van der Waals surface area (Å²) in [6.45, 7) is 3.27. The average molecular weight is 464 g/mol. The molecule has 0 spiro atoms. The predicted molar refractivity (Wildman–Crippen MR) is 131 cm³/mol. The van der Waals surface area contributed by atoms with Crippen LogP contribution in [0.15, 0.2) is 47.3 Å². The molecule has 2 heterocycles. The van der Waals surface area contributed by atoms with Gasteiger partial charge in [0.05, 0.1) is 5.52 Å². The summed E-state index contributed by atoms with van der Waals surface area (Å²) in [5.41, 5.74) is 8.23. The van der Waals surface area contributed by atoms with Crippen molar-refractivity contribution in [3.63, 3.8) is 0 Å². The Hall–Kier alpha value is -3.11. The van der Waals surface area contributed by atoms with E-state index in [1.54, 1.807) is 18.2 Å². The fourth-order valence-electron chi connectivity index (χ4n) is 4.46. The highest BCUT2D eigenvalue weighted by Crippen LogP contribution is 2.22. The maximum atomic E-state index is 13.4. The number of rotatable bonds is 6. The molecular formula is C26H26ClN3O3. The van der Waals surface area contributed by atoms with Crippen molar-refractivity contribution >= 4 is 28.4 Å². The van der Waals surface area contributed by atoms with Gasteiger partial charge in [-0.3, -0.25) is 9.59 Å². The van der Waals surface area contributed by atoms with E-state index in [-0.39, 0.29) is 12.2 Å². The van der Waals surface area contributed by atoms with Crippen molar-refractivity contribution in [1.29, 1.82) is 0 Å². The Morgan fingerprint density at radius 1 is 1.09 bits per heavy atom. The van der Waals surface area contributed by atoms with Gasteiger partial charge in [-0.25, -0.2) is 0 Å². The van der Waals surface area contributed by atoms with E-state index < -0.39 is 11.3 Å². The first kappa shape index (κ1) is 23.1. The summed E-state index contributed by atoms with van der Waals surface area (Å²) in [5.74, 6) is 4.69. The van der Waals surface area contributed by atoms with Crippen molar-refractivity contribution < 1.29 is 9.90 Å². The molecular weight excluding hydrogens is 438 g/mol. The van der Waals surface area contributed by atoms with Crippen LogP contribution in [0.4, 0.5) is 0 Å². The second-order valence-corrected chi connectivity index (χ2v) is 8.65. The Morgan fingerprint density at radius 2 is 1.82 bits per heavy atom. The predicted octanol–water partition coefficient (Wildman–Crippen LogP) is 2.78. The number of amides is 1. The highest BCUT2D eigenvalue weighted by Gasteiger charge is 2.22. The fraction of sp³-hybridized carbons (Fsp3) is 0.308. The van der Waals surface area contributed by atoms with Crippen LogP contribution in [-0.4, -0.2) is 46.7 Å². The molecule has 1 saturated heterocycles. The number of aliphatic hydroxyl groups excluding tert-OH is 1. The van der Waals surface area contributed by atoms with Gasteiger partial charge in [0.2, 0.25) is 5.43 Å². The lowest BCUT2D eigenvalue weighted by molar-refractivity contribution is 0.0997. The van der Waals surface area contributed by atoms with Crippen molar-refractivity contribution in [1.82, 2.24) is 9.47 Å². The number of carbonyl (C=O) groups excluding carboxylic acids is 1. The summed E-state index contributed by atoms with van der Waals surface area (Å²) in [6, 6.07) is 12.7. The van der Waals surface area contributed by atoms with Crippen LogP contribution in [-0.2, 0) is 13.0 Å². The van der Waals surface area contributed by atoms with E-state index in [9.17, 15) is 9.59 Å². The van der Waals surface area contributed by atoms with Gasteiger partial charge in [-0.15, -0.1) is 0 Å². The molecule has 3 aromatic rings. The molecule has 0 atom stereocenters. The van der Waals surface area contributed by atoms with Crippen molar-refractivity contribution in [3.05, 3.63) is 80.1 Å². The molecule has 3 N–H and O–H groups in total. The second-order valence-electron chi connectivity index (χ2n) is 8.21. The average Bonchev–Trinajstić information content (AvgIpc) is 3.32. The molecule has 0 bridgehead atoms. The van der Waals surface area contributed by atoms with Crippen LogP contribution in [0.2, 0.25) is 5.02 Å². The van der Waals surface area contributed by atoms with Crippen LogP contribution in [0.3, 0.4) is 0 Å². The zero-order valence-corrected chi connectivity index (χ0v) is 19.1. The highest BCUT2D eigenvalue weighted by atomic mass is 35.5. The lowest BCUT2D eigenvalue weighted by atomic mass is 9.99. The molecule has 1 aliphatic rings. The standard InChI is InChI=1S/C26H26ClN3O3/c27-20-8-5-19(6-9-20)17-23-24(26(28)33)25(32)21-16-18(4-3-15-31)7-10-22(21)30(23)14-13-29-11-1-2-12-29/h5-10,16,31H,1-2,11-15,17H2,(H2,28,33). The largest absolute Gasteiger partial charge is 0.384 e. The third-order valence-corrected chi connectivity index (χ3v) is 6.31. The van der Waals surface area contributed by atoms with Crippen LogP contribution in [0.5, 0.6) is 0 Å². The normalized spacial score (nSPS) is 13.8. The molecule has 1 amide bonds. The summed E-state index contributed by atoms with van der Waals surface area (Å²) in [7, 11) is 0. The van der Waals surface area contributed by atoms with E-state index in [4.69, 9.17) is 22.4 Å². The van der Waals surface area contributed by atoms with Gasteiger partial charge >= 0.3 is 0 Å². The molecule has 1 fully saturated rings. The zero-order chi connectivity index (χ0) is 23.4. The van der Waals surface area contributed by atoms with Gasteiger partial charge in [-0.2, -0.15) is 0 Å². The van der Waals surface area contributed by atoms with Crippen molar-refractivity contribution in [3.8, 4) is 11.8 Å². The van der Waals surface area contributed by atoms with E-state index in [1.165, 1.54) is 12.8 Å². The van der Waals surface area contributed by atoms with Crippen molar-refractivity contribution in [2.24, 2.45) is 5.73 Å². The zero-order valence-electron chi connectivity index (χ0n) is 18.3. The van der Waals surface area contributed by atoms with Gasteiger partial charge in [0, 0.05) is 41.2 Å². The molecule has 1 aliphatic heterocycles. The molecule has 1 aromatic heterocycles. The van der Waals surface area contributed by atoms with E-state index in [2.05, 4.69) is 16.7 Å². The number of nitrogens with two attached hydrogens (primary N) is 1. The smallest absolute Gasteiger partial charge is 0.254 e. The Kier molecular flexibility index (Phi) is 7.14. The lowest BCUT2D eigenvalue weighted by Crippen LogP contribution is -2.31. The van der Waals surface area contributed by atoms with Gasteiger partial charge in [0.15, 0.2) is 0 Å². The van der Waals surface area contributed by atoms with Crippen LogP contribution >= 0.6 is 11.6 Å². The van der Waals surface area contributed by atoms with E-state index >= 15 is 0 Å². The minimum absolute atomic E-state index is 0.00568. The van der Waals surface area contributed by atoms with Crippen molar-refractivity contribution in [2.75, 3.05) is 26.2 Å². The molecule has 7 heteroatoms. The van der Waals surface area contributed by atoms with E-state index in [0.717, 1.165) is 30.7 Å². The summed E-state index contributed by atoms with van der Waals surface area (Å²) < 4.78 is 2.05. The summed E-state index contributed by atoms with van der Waals surface area (Å²) in [4.78, 5) is 28.3. The van der Waals surface area contributed by atoms with E-state index in [1.807, 2.05) is 28.8 Å². The fourth-order valence-corrected chi connectivity index (χ4v) is 4.58. The number of carbonyl (C=O) groups is 1. The first-order chi connectivity index (χ1) is 16.0. The minimum atomic E-state index is -0.743. The van der Waals surface area contributed by atoms with Crippen LogP contribution < -0.4 is 11.2 Å². The molecule has 33 heavy (non-hydrogen) atoms. The van der Waals surface area contributed by atoms with Crippen LogP contribution in [0.25, 0.3) is 10.9 Å². The molecule has 0 radical (unpaired) electrons. The minimum Gasteiger partial charge on any atom is -0.384 e. The number of aliphatic hydroxyl groups is 1. The molecule has 6 nitrogen and oxygen atoms in total. The summed E-state index contributed by atoms with van der Waals surface area (Å²) in [5, 5.41) is 10.0. The van der Waals surface area contributed by atoms with Crippen molar-refractivity contribution in [2.45, 2.75) is 25.8 Å². The number of benzene rings is 2. The topological polar surface area (TPSA) is 88.6 Å². The van der Waals surface area contributed by atoms with Crippen LogP contribution in [0, 0.1) is 11.8 Å². The number of hydrogen-bond donors (Lipinski definition) is 2. The number of primary amides is 1. The molecule has 4 rings (SSSR count). The monoisotopic (exact) mass is 463 g/mol. The number of nitrogens with zero attached hydrogens (tertiary/aromatic N) is 2. The van der Waals surface area contributed by atoms with Gasteiger partial charge < -0.3 is 20.3 Å². The maximum absolute atomic E-state index is 13.4. The third-order valence-electron chi connectivity index (χ3n) is 6.05.